The van der Waals surface area contributed by atoms with Crippen LogP contribution in [0.1, 0.15) is 5.56 Å². The third-order valence-corrected chi connectivity index (χ3v) is 5.76. The molecule has 1 aliphatic rings. The number of aromatic nitrogens is 3. The third kappa shape index (κ3) is 3.83. The summed E-state index contributed by atoms with van der Waals surface area (Å²) >= 11 is 1.66. The van der Waals surface area contributed by atoms with Gasteiger partial charge in [-0.15, -0.1) is 10.2 Å². The summed E-state index contributed by atoms with van der Waals surface area (Å²) in [5.74, 6) is 2.84. The van der Waals surface area contributed by atoms with E-state index in [0.717, 1.165) is 46.9 Å². The summed E-state index contributed by atoms with van der Waals surface area (Å²) < 4.78 is 26.0. The summed E-state index contributed by atoms with van der Waals surface area (Å²) in [4.78, 5) is 2.34. The van der Waals surface area contributed by atoms with Crippen LogP contribution >= 0.6 is 11.8 Å². The highest BCUT2D eigenvalue weighted by Gasteiger charge is 2.22. The molecule has 3 aromatic rings. The number of fused-ring (bicyclic) bond motifs is 1. The molecule has 8 heteroatoms. The molecule has 0 amide bonds. The first-order valence-electron chi connectivity index (χ1n) is 8.93. The molecule has 1 aliphatic heterocycles. The molecular formula is C20H21FN4O2S. The minimum atomic E-state index is -0.256. The van der Waals surface area contributed by atoms with Gasteiger partial charge < -0.3 is 9.47 Å². The number of methoxy groups -OCH3 is 2. The van der Waals surface area contributed by atoms with Crippen molar-refractivity contribution in [2.75, 3.05) is 26.6 Å². The molecule has 4 rings (SSSR count). The Morgan fingerprint density at radius 1 is 1.04 bits per heavy atom. The van der Waals surface area contributed by atoms with E-state index in [1.54, 1.807) is 38.1 Å². The minimum absolute atomic E-state index is 0.256. The van der Waals surface area contributed by atoms with Crippen LogP contribution in [0.2, 0.25) is 0 Å². The first-order chi connectivity index (χ1) is 13.7. The molecule has 0 radical (unpaired) electrons. The summed E-state index contributed by atoms with van der Waals surface area (Å²) in [5.41, 5.74) is 2.05. The van der Waals surface area contributed by atoms with Crippen LogP contribution in [0.3, 0.4) is 0 Å². The van der Waals surface area contributed by atoms with Gasteiger partial charge in [-0.05, 0) is 48.4 Å². The van der Waals surface area contributed by atoms with Gasteiger partial charge in [0.15, 0.2) is 22.5 Å². The molecule has 0 aliphatic carbocycles. The molecule has 0 saturated heterocycles. The normalized spacial score (nSPS) is 14.0. The average Bonchev–Trinajstić information content (AvgIpc) is 3.15. The van der Waals surface area contributed by atoms with E-state index in [0.29, 0.717) is 6.67 Å². The van der Waals surface area contributed by atoms with Gasteiger partial charge in [-0.3, -0.25) is 9.47 Å². The quantitative estimate of drug-likeness (QED) is 0.629. The predicted molar refractivity (Wildman–Crippen MR) is 106 cm³/mol. The first kappa shape index (κ1) is 18.8. The van der Waals surface area contributed by atoms with Crippen LogP contribution in [0, 0.1) is 5.82 Å². The average molecular weight is 400 g/mol. The van der Waals surface area contributed by atoms with E-state index in [4.69, 9.17) is 9.47 Å². The van der Waals surface area contributed by atoms with E-state index in [1.165, 1.54) is 17.7 Å². The Balaban J connectivity index is 1.46. The van der Waals surface area contributed by atoms with Crippen LogP contribution in [-0.4, -0.2) is 46.3 Å². The van der Waals surface area contributed by atoms with Gasteiger partial charge in [0.1, 0.15) is 5.82 Å². The molecule has 0 N–H and O–H groups in total. The second-order valence-corrected chi connectivity index (χ2v) is 7.40. The van der Waals surface area contributed by atoms with Gasteiger partial charge in [-0.1, -0.05) is 17.8 Å². The number of hydrogen-bond acceptors (Lipinski definition) is 6. The second kappa shape index (κ2) is 8.20. The zero-order valence-corrected chi connectivity index (χ0v) is 16.6. The van der Waals surface area contributed by atoms with Gasteiger partial charge in [-0.2, -0.15) is 0 Å². The lowest BCUT2D eigenvalue weighted by atomic mass is 10.1. The number of halogens is 1. The fourth-order valence-electron chi connectivity index (χ4n) is 3.18. The van der Waals surface area contributed by atoms with E-state index in [-0.39, 0.29) is 5.82 Å². The van der Waals surface area contributed by atoms with Crippen molar-refractivity contribution in [2.45, 2.75) is 18.2 Å². The molecule has 0 spiro atoms. The van der Waals surface area contributed by atoms with Crippen molar-refractivity contribution in [2.24, 2.45) is 0 Å². The Bertz CT molecular complexity index is 961. The Hall–Kier alpha value is -2.58. The van der Waals surface area contributed by atoms with Crippen LogP contribution in [0.15, 0.2) is 47.6 Å². The zero-order chi connectivity index (χ0) is 19.5. The number of thioether (sulfide) groups is 1. The molecule has 28 heavy (non-hydrogen) atoms. The number of nitrogens with zero attached hydrogens (tertiary/aromatic N) is 4. The maximum atomic E-state index is 13.2. The Morgan fingerprint density at radius 2 is 1.82 bits per heavy atom. The summed E-state index contributed by atoms with van der Waals surface area (Å²) in [6, 6.07) is 12.4. The van der Waals surface area contributed by atoms with Crippen LogP contribution in [-0.2, 0) is 13.1 Å². The van der Waals surface area contributed by atoms with E-state index < -0.39 is 0 Å². The van der Waals surface area contributed by atoms with Crippen molar-refractivity contribution in [1.82, 2.24) is 19.7 Å². The Labute approximate surface area is 167 Å². The molecule has 6 nitrogen and oxygen atoms in total. The summed E-state index contributed by atoms with van der Waals surface area (Å²) in [6.07, 6.45) is 0.893. The van der Waals surface area contributed by atoms with Crippen molar-refractivity contribution in [3.63, 3.8) is 0 Å². The number of benzene rings is 2. The number of hydrogen-bond donors (Lipinski definition) is 0. The van der Waals surface area contributed by atoms with Crippen molar-refractivity contribution in [3.8, 4) is 22.9 Å². The molecule has 0 unspecified atom stereocenters. The molecule has 2 aromatic carbocycles. The SMILES string of the molecule is COc1ccc(CCN2CSc3nnc(-c4ccc(F)cc4)n3C2)cc1OC. The predicted octanol–water partition coefficient (Wildman–Crippen LogP) is 3.67. The first-order valence-corrected chi connectivity index (χ1v) is 9.91. The number of ether oxygens (including phenoxy) is 2. The van der Waals surface area contributed by atoms with Crippen molar-refractivity contribution in [1.29, 1.82) is 0 Å². The molecule has 1 aromatic heterocycles. The van der Waals surface area contributed by atoms with Crippen LogP contribution < -0.4 is 9.47 Å². The number of rotatable bonds is 6. The van der Waals surface area contributed by atoms with E-state index in [9.17, 15) is 4.39 Å². The highest BCUT2D eigenvalue weighted by molar-refractivity contribution is 7.99. The molecule has 0 bridgehead atoms. The fraction of sp³-hybridized carbons (Fsp3) is 0.300. The third-order valence-electron chi connectivity index (χ3n) is 4.70. The lowest BCUT2D eigenvalue weighted by Crippen LogP contribution is -2.32. The molecule has 146 valence electrons. The van der Waals surface area contributed by atoms with Gasteiger partial charge in [0.2, 0.25) is 0 Å². The van der Waals surface area contributed by atoms with Gasteiger partial charge in [0.05, 0.1) is 26.8 Å². The van der Waals surface area contributed by atoms with Crippen molar-refractivity contribution < 1.29 is 13.9 Å². The van der Waals surface area contributed by atoms with Gasteiger partial charge in [0.25, 0.3) is 0 Å². The van der Waals surface area contributed by atoms with Crippen LogP contribution in [0.5, 0.6) is 11.5 Å². The highest BCUT2D eigenvalue weighted by atomic mass is 32.2. The van der Waals surface area contributed by atoms with Crippen molar-refractivity contribution >= 4 is 11.8 Å². The molecular weight excluding hydrogens is 379 g/mol. The lowest BCUT2D eigenvalue weighted by Gasteiger charge is -2.27. The molecule has 0 atom stereocenters. The second-order valence-electron chi connectivity index (χ2n) is 6.49. The van der Waals surface area contributed by atoms with Gasteiger partial charge in [-0.25, -0.2) is 4.39 Å². The largest absolute Gasteiger partial charge is 0.493 e. The molecule has 0 fully saturated rings. The molecule has 0 saturated carbocycles. The molecule has 2 heterocycles. The standard InChI is InChI=1S/C20H21FN4O2S/c1-26-17-8-3-14(11-18(17)27-2)9-10-24-12-25-19(22-23-20(25)28-13-24)15-4-6-16(21)7-5-15/h3-8,11H,9-10,12-13H2,1-2H3. The fourth-order valence-corrected chi connectivity index (χ4v) is 4.09. The van der Waals surface area contributed by atoms with Crippen LogP contribution in [0.25, 0.3) is 11.4 Å². The summed E-state index contributed by atoms with van der Waals surface area (Å²) in [7, 11) is 3.28. The van der Waals surface area contributed by atoms with E-state index in [1.807, 2.05) is 12.1 Å². The monoisotopic (exact) mass is 400 g/mol. The maximum Gasteiger partial charge on any atom is 0.193 e. The van der Waals surface area contributed by atoms with E-state index >= 15 is 0 Å². The van der Waals surface area contributed by atoms with Gasteiger partial charge >= 0.3 is 0 Å². The lowest BCUT2D eigenvalue weighted by molar-refractivity contribution is 0.242. The summed E-state index contributed by atoms with van der Waals surface area (Å²) in [6.45, 7) is 1.60. The van der Waals surface area contributed by atoms with Gasteiger partial charge in [0, 0.05) is 12.1 Å². The Morgan fingerprint density at radius 3 is 2.57 bits per heavy atom. The highest BCUT2D eigenvalue weighted by Crippen LogP contribution is 2.30. The topological polar surface area (TPSA) is 52.4 Å². The smallest absolute Gasteiger partial charge is 0.193 e. The minimum Gasteiger partial charge on any atom is -0.493 e. The van der Waals surface area contributed by atoms with E-state index in [2.05, 4.69) is 25.7 Å². The Kier molecular flexibility index (Phi) is 5.50. The van der Waals surface area contributed by atoms with Crippen molar-refractivity contribution in [3.05, 3.63) is 53.8 Å². The maximum absolute atomic E-state index is 13.2. The zero-order valence-electron chi connectivity index (χ0n) is 15.8. The van der Waals surface area contributed by atoms with Crippen LogP contribution in [0.4, 0.5) is 4.39 Å². The summed E-state index contributed by atoms with van der Waals surface area (Å²) in [5, 5.41) is 9.47.